The topological polar surface area (TPSA) is 26.5 Å². The lowest BCUT2D eigenvalue weighted by molar-refractivity contribution is 0.411. The summed E-state index contributed by atoms with van der Waals surface area (Å²) in [5.74, 6) is 0.915. The first kappa shape index (κ1) is 24.2. The van der Waals surface area contributed by atoms with Crippen molar-refractivity contribution in [3.63, 3.8) is 0 Å². The third-order valence-corrected chi connectivity index (χ3v) is 8.05. The summed E-state index contributed by atoms with van der Waals surface area (Å²) in [6.07, 6.45) is 3.97. The lowest BCUT2D eigenvalue weighted by Gasteiger charge is -2.24. The molecule has 0 aliphatic heterocycles. The van der Waals surface area contributed by atoms with Gasteiger partial charge in [0.15, 0.2) is 0 Å². The molecule has 3 aromatic heterocycles. The number of benzene rings is 4. The summed E-state index contributed by atoms with van der Waals surface area (Å²) in [6, 6.07) is 22.6. The predicted octanol–water partition coefficient (Wildman–Crippen LogP) is 9.72. The molecule has 0 aliphatic rings. The van der Waals surface area contributed by atoms with Gasteiger partial charge in [-0.15, -0.1) is 0 Å². The van der Waals surface area contributed by atoms with E-state index in [1.54, 1.807) is 7.11 Å². The quantitative estimate of drug-likeness (QED) is 0.174. The van der Waals surface area contributed by atoms with Crippen LogP contribution in [0.2, 0.25) is 0 Å². The van der Waals surface area contributed by atoms with Crippen molar-refractivity contribution in [1.29, 1.82) is 0 Å². The fraction of sp³-hybridized carbons (Fsp3) is 0.306. The van der Waals surface area contributed by atoms with Gasteiger partial charge < -0.3 is 9.14 Å². The van der Waals surface area contributed by atoms with Gasteiger partial charge in [-0.25, -0.2) is 0 Å². The number of pyridine rings is 2. The first-order valence-electron chi connectivity index (χ1n) is 14.0. The van der Waals surface area contributed by atoms with Crippen molar-refractivity contribution in [2.24, 2.45) is 10.8 Å². The summed E-state index contributed by atoms with van der Waals surface area (Å²) in [5.41, 5.74) is 7.90. The normalized spacial score (nSPS) is 13.2. The van der Waals surface area contributed by atoms with Gasteiger partial charge in [0.05, 0.1) is 34.6 Å². The van der Waals surface area contributed by atoms with Crippen LogP contribution in [0.25, 0.3) is 59.8 Å². The second-order valence-corrected chi connectivity index (χ2v) is 13.7. The zero-order valence-electron chi connectivity index (χ0n) is 24.1. The molecule has 196 valence electrons. The first-order valence-corrected chi connectivity index (χ1v) is 14.0. The Morgan fingerprint density at radius 1 is 0.718 bits per heavy atom. The van der Waals surface area contributed by atoms with Gasteiger partial charge in [-0.05, 0) is 75.2 Å². The minimum absolute atomic E-state index is 0.113. The van der Waals surface area contributed by atoms with Crippen LogP contribution in [0.3, 0.4) is 0 Å². The Kier molecular flexibility index (Phi) is 5.02. The number of hydrogen-bond acceptors (Lipinski definition) is 2. The Hall–Kier alpha value is -3.85. The van der Waals surface area contributed by atoms with Gasteiger partial charge in [-0.3, -0.25) is 4.98 Å². The summed E-state index contributed by atoms with van der Waals surface area (Å²) in [5, 5.41) is 8.63. The van der Waals surface area contributed by atoms with Crippen molar-refractivity contribution in [2.45, 2.75) is 54.4 Å². The largest absolute Gasteiger partial charge is 0.496 e. The van der Waals surface area contributed by atoms with Crippen molar-refractivity contribution in [3.8, 4) is 5.75 Å². The summed E-state index contributed by atoms with van der Waals surface area (Å²) in [6.45, 7) is 14.0. The van der Waals surface area contributed by atoms with E-state index in [0.717, 1.165) is 29.5 Å². The summed E-state index contributed by atoms with van der Waals surface area (Å²) in [4.78, 5) is 5.06. The summed E-state index contributed by atoms with van der Waals surface area (Å²) < 4.78 is 8.53. The Bertz CT molecular complexity index is 2070. The number of fused-ring (bicyclic) bond motifs is 7. The van der Waals surface area contributed by atoms with E-state index in [2.05, 4.69) is 107 Å². The van der Waals surface area contributed by atoms with E-state index in [9.17, 15) is 0 Å². The fourth-order valence-corrected chi connectivity index (χ4v) is 6.77. The number of nitrogens with zero attached hydrogens (tertiary/aromatic N) is 2. The standard InChI is InChI=1S/C36H36N2O/c1-35(2,3)19-21-12-13-24-23(16-21)17-26-32-30-22(14-15-37-32)18-29(39-7)31-25-10-8-9-11-28(25)38(34(30)31)33(26)27(24)20-36(4,5)6/h8-18H,19-20H2,1-7H3. The Balaban J connectivity index is 1.77. The van der Waals surface area contributed by atoms with Gasteiger partial charge in [-0.2, -0.15) is 0 Å². The third-order valence-electron chi connectivity index (χ3n) is 8.05. The van der Waals surface area contributed by atoms with Crippen molar-refractivity contribution >= 4 is 59.8 Å². The van der Waals surface area contributed by atoms with Crippen LogP contribution in [0.4, 0.5) is 0 Å². The number of ether oxygens (including phenoxy) is 1. The van der Waals surface area contributed by atoms with Crippen LogP contribution in [0.1, 0.15) is 52.7 Å². The van der Waals surface area contributed by atoms with Crippen LogP contribution in [0, 0.1) is 10.8 Å². The molecule has 0 saturated heterocycles. The minimum Gasteiger partial charge on any atom is -0.496 e. The molecule has 0 bridgehead atoms. The molecule has 0 aliphatic carbocycles. The molecule has 4 aromatic carbocycles. The molecule has 3 nitrogen and oxygen atoms in total. The molecule has 3 heteroatoms. The van der Waals surface area contributed by atoms with Crippen molar-refractivity contribution in [2.75, 3.05) is 7.11 Å². The highest BCUT2D eigenvalue weighted by Crippen LogP contribution is 2.47. The Labute approximate surface area is 229 Å². The number of rotatable bonds is 3. The maximum Gasteiger partial charge on any atom is 0.129 e. The highest BCUT2D eigenvalue weighted by atomic mass is 16.5. The van der Waals surface area contributed by atoms with Crippen LogP contribution in [0.5, 0.6) is 5.75 Å². The van der Waals surface area contributed by atoms with Crippen molar-refractivity contribution < 1.29 is 4.74 Å². The van der Waals surface area contributed by atoms with E-state index >= 15 is 0 Å². The smallest absolute Gasteiger partial charge is 0.129 e. The van der Waals surface area contributed by atoms with Gasteiger partial charge in [0.25, 0.3) is 0 Å². The maximum atomic E-state index is 6.01. The van der Waals surface area contributed by atoms with E-state index in [-0.39, 0.29) is 10.8 Å². The molecule has 7 rings (SSSR count). The predicted molar refractivity (Wildman–Crippen MR) is 167 cm³/mol. The molecule has 0 atom stereocenters. The molecule has 0 spiro atoms. The van der Waals surface area contributed by atoms with Crippen molar-refractivity contribution in [3.05, 3.63) is 78.0 Å². The van der Waals surface area contributed by atoms with E-state index < -0.39 is 0 Å². The number of methoxy groups -OCH3 is 1. The Morgan fingerprint density at radius 3 is 2.23 bits per heavy atom. The van der Waals surface area contributed by atoms with Gasteiger partial charge in [0.2, 0.25) is 0 Å². The minimum atomic E-state index is 0.113. The van der Waals surface area contributed by atoms with E-state index in [1.165, 1.54) is 60.0 Å². The van der Waals surface area contributed by atoms with E-state index in [0.29, 0.717) is 0 Å². The van der Waals surface area contributed by atoms with Crippen molar-refractivity contribution in [1.82, 2.24) is 9.38 Å². The summed E-state index contributed by atoms with van der Waals surface area (Å²) in [7, 11) is 1.78. The second kappa shape index (κ2) is 8.08. The van der Waals surface area contributed by atoms with E-state index in [4.69, 9.17) is 9.72 Å². The highest BCUT2D eigenvalue weighted by molar-refractivity contribution is 6.30. The van der Waals surface area contributed by atoms with Gasteiger partial charge in [-0.1, -0.05) is 77.9 Å². The lowest BCUT2D eigenvalue weighted by Crippen LogP contribution is -2.12. The van der Waals surface area contributed by atoms with Crippen LogP contribution in [-0.4, -0.2) is 16.5 Å². The lowest BCUT2D eigenvalue weighted by atomic mass is 9.83. The molecule has 0 amide bonds. The molecule has 0 fully saturated rings. The van der Waals surface area contributed by atoms with Gasteiger partial charge >= 0.3 is 0 Å². The van der Waals surface area contributed by atoms with Crippen LogP contribution < -0.4 is 4.74 Å². The zero-order valence-corrected chi connectivity index (χ0v) is 24.1. The molecular weight excluding hydrogens is 476 g/mol. The third kappa shape index (κ3) is 3.66. The summed E-state index contributed by atoms with van der Waals surface area (Å²) >= 11 is 0. The van der Waals surface area contributed by atoms with E-state index in [1.807, 2.05) is 6.20 Å². The fourth-order valence-electron chi connectivity index (χ4n) is 6.77. The molecule has 0 saturated carbocycles. The van der Waals surface area contributed by atoms with Crippen LogP contribution in [0.15, 0.2) is 66.9 Å². The average Bonchev–Trinajstić information content (AvgIpc) is 3.21. The van der Waals surface area contributed by atoms with Gasteiger partial charge in [0, 0.05) is 22.4 Å². The monoisotopic (exact) mass is 512 g/mol. The SMILES string of the molecule is COc1cc2ccnc3c4cc5cc(CC(C)(C)C)ccc5c(CC(C)(C)C)c4n4c5ccccc5c1c4c23. The van der Waals surface area contributed by atoms with Crippen LogP contribution in [-0.2, 0) is 12.8 Å². The number of para-hydroxylation sites is 1. The molecule has 3 heterocycles. The zero-order chi connectivity index (χ0) is 27.3. The molecule has 0 radical (unpaired) electrons. The Morgan fingerprint density at radius 2 is 1.49 bits per heavy atom. The second-order valence-electron chi connectivity index (χ2n) is 13.7. The molecular formula is C36H36N2O. The molecule has 7 aromatic rings. The van der Waals surface area contributed by atoms with Crippen LogP contribution >= 0.6 is 0 Å². The first-order chi connectivity index (χ1) is 18.5. The number of hydrogen-bond donors (Lipinski definition) is 0. The molecule has 39 heavy (non-hydrogen) atoms. The van der Waals surface area contributed by atoms with Gasteiger partial charge in [0.1, 0.15) is 5.75 Å². The maximum absolute atomic E-state index is 6.01. The number of aromatic nitrogens is 2. The molecule has 0 N–H and O–H groups in total. The average molecular weight is 513 g/mol. The highest BCUT2D eigenvalue weighted by Gasteiger charge is 2.26. The molecule has 0 unspecified atom stereocenters.